The molecule has 13 heavy (non-hydrogen) atoms. The molecular weight excluding hydrogens is 180 g/mol. The van der Waals surface area contributed by atoms with Crippen molar-refractivity contribution in [1.29, 1.82) is 0 Å². The van der Waals surface area contributed by atoms with Crippen molar-refractivity contribution in [1.82, 2.24) is 0 Å². The van der Waals surface area contributed by atoms with Crippen LogP contribution in [0.3, 0.4) is 0 Å². The van der Waals surface area contributed by atoms with Crippen LogP contribution in [0.2, 0.25) is 19.6 Å². The average molecular weight is 196 g/mol. The van der Waals surface area contributed by atoms with E-state index in [1.54, 1.807) is 6.07 Å². The first-order chi connectivity index (χ1) is 5.95. The molecule has 0 atom stereocenters. The molecule has 1 aromatic carbocycles. The molecule has 0 saturated carbocycles. The van der Waals surface area contributed by atoms with Crippen LogP contribution < -0.4 is 5.19 Å². The summed E-state index contributed by atoms with van der Waals surface area (Å²) in [6.07, 6.45) is 0. The number of hydrogen-bond donors (Lipinski definition) is 2. The second kappa shape index (κ2) is 3.52. The van der Waals surface area contributed by atoms with E-state index < -0.39 is 8.07 Å². The smallest absolute Gasteiger partial charge is 0.121 e. The fourth-order valence-electron chi connectivity index (χ4n) is 1.18. The minimum Gasteiger partial charge on any atom is -0.508 e. The summed E-state index contributed by atoms with van der Waals surface area (Å²) >= 11 is 0. The maximum Gasteiger partial charge on any atom is 0.121 e. The largest absolute Gasteiger partial charge is 0.508 e. The van der Waals surface area contributed by atoms with Gasteiger partial charge in [-0.05, 0) is 6.07 Å². The van der Waals surface area contributed by atoms with Gasteiger partial charge in [-0.3, -0.25) is 0 Å². The maximum absolute atomic E-state index is 9.36. The summed E-state index contributed by atoms with van der Waals surface area (Å²) in [6.45, 7) is 6.62. The van der Waals surface area contributed by atoms with Gasteiger partial charge in [0, 0.05) is 5.56 Å². The Hall–Kier alpha value is -0.803. The van der Waals surface area contributed by atoms with Crippen molar-refractivity contribution in [3.63, 3.8) is 0 Å². The first kappa shape index (κ1) is 10.3. The predicted molar refractivity (Wildman–Crippen MR) is 57.0 cm³/mol. The predicted octanol–water partition coefficient (Wildman–Crippen LogP) is 1.43. The van der Waals surface area contributed by atoms with E-state index in [-0.39, 0.29) is 12.4 Å². The van der Waals surface area contributed by atoms with Gasteiger partial charge >= 0.3 is 0 Å². The third-order valence-electron chi connectivity index (χ3n) is 2.12. The van der Waals surface area contributed by atoms with E-state index in [0.717, 1.165) is 0 Å². The molecule has 0 amide bonds. The Morgan fingerprint density at radius 3 is 2.31 bits per heavy atom. The Kier molecular flexibility index (Phi) is 2.78. The third kappa shape index (κ3) is 2.32. The zero-order chi connectivity index (χ0) is 10.1. The zero-order valence-electron chi connectivity index (χ0n) is 8.33. The fourth-order valence-corrected chi connectivity index (χ4v) is 2.37. The topological polar surface area (TPSA) is 40.5 Å². The maximum atomic E-state index is 9.36. The highest BCUT2D eigenvalue weighted by Crippen LogP contribution is 2.16. The first-order valence-corrected chi connectivity index (χ1v) is 7.88. The Balaban J connectivity index is 3.14. The van der Waals surface area contributed by atoms with Crippen LogP contribution in [0.1, 0.15) is 5.56 Å². The molecular formula is C10H16O2Si. The normalized spacial score (nSPS) is 11.7. The molecule has 0 heterocycles. The molecule has 0 fully saturated rings. The van der Waals surface area contributed by atoms with E-state index in [4.69, 9.17) is 5.11 Å². The summed E-state index contributed by atoms with van der Waals surface area (Å²) in [5.41, 5.74) is 0.625. The molecule has 0 bridgehead atoms. The van der Waals surface area contributed by atoms with Crippen molar-refractivity contribution in [3.05, 3.63) is 23.8 Å². The van der Waals surface area contributed by atoms with Crippen LogP contribution >= 0.6 is 0 Å². The Morgan fingerprint density at radius 2 is 1.85 bits per heavy atom. The van der Waals surface area contributed by atoms with E-state index in [1.165, 1.54) is 5.19 Å². The molecule has 2 N–H and O–H groups in total. The summed E-state index contributed by atoms with van der Waals surface area (Å²) in [7, 11) is -1.33. The molecule has 0 radical (unpaired) electrons. The van der Waals surface area contributed by atoms with Gasteiger partial charge in [-0.1, -0.05) is 37.0 Å². The number of aliphatic hydroxyl groups excluding tert-OH is 1. The highest BCUT2D eigenvalue weighted by Gasteiger charge is 2.17. The van der Waals surface area contributed by atoms with Crippen molar-refractivity contribution in [2.75, 3.05) is 0 Å². The van der Waals surface area contributed by atoms with Gasteiger partial charge in [0.2, 0.25) is 0 Å². The van der Waals surface area contributed by atoms with Gasteiger partial charge in [-0.15, -0.1) is 0 Å². The van der Waals surface area contributed by atoms with Crippen molar-refractivity contribution < 1.29 is 10.2 Å². The molecule has 0 aliphatic carbocycles. The van der Waals surface area contributed by atoms with E-state index in [2.05, 4.69) is 19.6 Å². The van der Waals surface area contributed by atoms with E-state index in [1.807, 2.05) is 12.1 Å². The van der Waals surface area contributed by atoms with E-state index in [9.17, 15) is 5.11 Å². The fraction of sp³-hybridized carbons (Fsp3) is 0.400. The zero-order valence-corrected chi connectivity index (χ0v) is 9.33. The summed E-state index contributed by atoms with van der Waals surface area (Å²) in [5, 5.41) is 19.6. The summed E-state index contributed by atoms with van der Waals surface area (Å²) in [4.78, 5) is 0. The van der Waals surface area contributed by atoms with E-state index >= 15 is 0 Å². The molecule has 0 aromatic heterocycles. The van der Waals surface area contributed by atoms with Crippen molar-refractivity contribution in [2.45, 2.75) is 26.2 Å². The van der Waals surface area contributed by atoms with Crippen LogP contribution in [0, 0.1) is 0 Å². The second-order valence-electron chi connectivity index (χ2n) is 4.25. The van der Waals surface area contributed by atoms with Crippen molar-refractivity contribution >= 4 is 13.3 Å². The van der Waals surface area contributed by atoms with Crippen LogP contribution in [0.25, 0.3) is 0 Å². The van der Waals surface area contributed by atoms with Crippen LogP contribution in [-0.2, 0) is 6.61 Å². The highest BCUT2D eigenvalue weighted by atomic mass is 28.3. The standard InChI is InChI=1S/C10H16O2Si/c1-13(2,3)9-4-5-10(12)8(6-9)7-11/h4-6,11-12H,7H2,1-3H3. The molecule has 0 saturated heterocycles. The minimum atomic E-state index is -1.33. The second-order valence-corrected chi connectivity index (χ2v) is 9.33. The molecule has 3 heteroatoms. The van der Waals surface area contributed by atoms with Crippen molar-refractivity contribution in [3.8, 4) is 5.75 Å². The number of aliphatic hydroxyl groups is 1. The lowest BCUT2D eigenvalue weighted by Gasteiger charge is -2.17. The van der Waals surface area contributed by atoms with Crippen molar-refractivity contribution in [2.24, 2.45) is 0 Å². The summed E-state index contributed by atoms with van der Waals surface area (Å²) in [5.74, 6) is 0.185. The van der Waals surface area contributed by atoms with Crippen LogP contribution in [0.5, 0.6) is 5.75 Å². The number of hydrogen-bond acceptors (Lipinski definition) is 2. The average Bonchev–Trinajstić information content (AvgIpc) is 2.03. The third-order valence-corrected chi connectivity index (χ3v) is 4.16. The number of aromatic hydroxyl groups is 1. The van der Waals surface area contributed by atoms with Gasteiger partial charge in [0.15, 0.2) is 0 Å². The Morgan fingerprint density at radius 1 is 1.23 bits per heavy atom. The molecule has 2 nitrogen and oxygen atoms in total. The van der Waals surface area contributed by atoms with E-state index in [0.29, 0.717) is 5.56 Å². The Bertz CT molecular complexity index is 302. The van der Waals surface area contributed by atoms with Crippen LogP contribution in [-0.4, -0.2) is 18.3 Å². The molecule has 0 unspecified atom stereocenters. The molecule has 1 rings (SSSR count). The minimum absolute atomic E-state index is 0.0931. The number of rotatable bonds is 2. The number of benzene rings is 1. The van der Waals surface area contributed by atoms with Gasteiger partial charge in [0.25, 0.3) is 0 Å². The van der Waals surface area contributed by atoms with Gasteiger partial charge in [-0.25, -0.2) is 0 Å². The quantitative estimate of drug-likeness (QED) is 0.703. The van der Waals surface area contributed by atoms with Crippen LogP contribution in [0.15, 0.2) is 18.2 Å². The molecule has 0 aliphatic rings. The SMILES string of the molecule is C[Si](C)(C)c1ccc(O)c(CO)c1. The van der Waals surface area contributed by atoms with Crippen LogP contribution in [0.4, 0.5) is 0 Å². The molecule has 0 aliphatic heterocycles. The molecule has 1 aromatic rings. The van der Waals surface area contributed by atoms with Gasteiger partial charge in [-0.2, -0.15) is 0 Å². The summed E-state index contributed by atoms with van der Waals surface area (Å²) in [6, 6.07) is 5.52. The molecule has 0 spiro atoms. The molecule has 72 valence electrons. The lowest BCUT2D eigenvalue weighted by atomic mass is 10.2. The monoisotopic (exact) mass is 196 g/mol. The van der Waals surface area contributed by atoms with Gasteiger partial charge in [0.05, 0.1) is 14.7 Å². The van der Waals surface area contributed by atoms with Gasteiger partial charge in [0.1, 0.15) is 5.75 Å². The highest BCUT2D eigenvalue weighted by molar-refractivity contribution is 6.88. The number of phenols is 1. The van der Waals surface area contributed by atoms with Gasteiger partial charge < -0.3 is 10.2 Å². The first-order valence-electron chi connectivity index (χ1n) is 4.38. The lowest BCUT2D eigenvalue weighted by Crippen LogP contribution is -2.37. The lowest BCUT2D eigenvalue weighted by molar-refractivity contribution is 0.275. The summed E-state index contributed by atoms with van der Waals surface area (Å²) < 4.78 is 0. The Labute approximate surface area is 79.9 Å².